The lowest BCUT2D eigenvalue weighted by molar-refractivity contribution is 0.338. The Morgan fingerprint density at radius 1 is 1.00 bits per heavy atom. The van der Waals surface area contributed by atoms with Gasteiger partial charge in [-0.2, -0.15) is 5.10 Å². The Balaban J connectivity index is 1.58. The summed E-state index contributed by atoms with van der Waals surface area (Å²) >= 11 is 11.8. The molecule has 9 heteroatoms. The Bertz CT molecular complexity index is 1750. The summed E-state index contributed by atoms with van der Waals surface area (Å²) < 4.78 is 10.4. The number of benzene rings is 3. The van der Waals surface area contributed by atoms with Crippen molar-refractivity contribution in [3.63, 3.8) is 0 Å². The molecule has 0 aliphatic rings. The first kappa shape index (κ1) is 20.8. The Morgan fingerprint density at radius 3 is 2.71 bits per heavy atom. The van der Waals surface area contributed by atoms with Gasteiger partial charge in [-0.25, -0.2) is 9.97 Å². The number of fused-ring (bicyclic) bond motifs is 4. The summed E-state index contributed by atoms with van der Waals surface area (Å²) in [6.07, 6.45) is 0. The van der Waals surface area contributed by atoms with E-state index in [4.69, 9.17) is 38.5 Å². The first-order valence-corrected chi connectivity index (χ1v) is 11.7. The number of para-hydroxylation sites is 3. The topological polar surface area (TPSA) is 73.6 Å². The van der Waals surface area contributed by atoms with Crippen LogP contribution in [0.25, 0.3) is 38.8 Å². The van der Waals surface area contributed by atoms with Gasteiger partial charge in [0.25, 0.3) is 0 Å². The molecule has 3 heterocycles. The SMILES string of the molecule is CCOc1ccccc1-n1c(Cn2c3ccccc3c3nc4cc(Cl)ccc4nc32)n[nH]c1=S. The number of hydrogen-bond acceptors (Lipinski definition) is 5. The minimum atomic E-state index is 0.436. The molecule has 3 aromatic carbocycles. The van der Waals surface area contributed by atoms with Crippen molar-refractivity contribution in [2.45, 2.75) is 13.5 Å². The number of rotatable bonds is 5. The highest BCUT2D eigenvalue weighted by molar-refractivity contribution is 7.71. The van der Waals surface area contributed by atoms with Gasteiger partial charge in [-0.3, -0.25) is 9.67 Å². The van der Waals surface area contributed by atoms with Crippen LogP contribution in [0.5, 0.6) is 5.75 Å². The maximum absolute atomic E-state index is 6.21. The van der Waals surface area contributed by atoms with Crippen molar-refractivity contribution in [3.8, 4) is 11.4 Å². The molecule has 0 aliphatic heterocycles. The fourth-order valence-corrected chi connectivity index (χ4v) is 4.73. The molecule has 6 rings (SSSR count). The molecular weight excluding hydrogens is 468 g/mol. The monoisotopic (exact) mass is 486 g/mol. The zero-order valence-corrected chi connectivity index (χ0v) is 19.8. The summed E-state index contributed by atoms with van der Waals surface area (Å²) in [6.45, 7) is 2.95. The Labute approximate surface area is 204 Å². The highest BCUT2D eigenvalue weighted by Crippen LogP contribution is 2.30. The maximum Gasteiger partial charge on any atom is 0.200 e. The van der Waals surface area contributed by atoms with Gasteiger partial charge in [-0.05, 0) is 55.5 Å². The summed E-state index contributed by atoms with van der Waals surface area (Å²) in [5.74, 6) is 1.48. The van der Waals surface area contributed by atoms with Crippen LogP contribution in [0, 0.1) is 4.77 Å². The van der Waals surface area contributed by atoms with Gasteiger partial charge < -0.3 is 9.30 Å². The van der Waals surface area contributed by atoms with Crippen LogP contribution in [0.4, 0.5) is 0 Å². The third-order valence-corrected chi connectivity index (χ3v) is 6.27. The molecule has 7 nitrogen and oxygen atoms in total. The number of aromatic nitrogens is 6. The van der Waals surface area contributed by atoms with E-state index in [1.807, 2.05) is 66.1 Å². The minimum Gasteiger partial charge on any atom is -0.492 e. The first-order chi connectivity index (χ1) is 16.6. The summed E-state index contributed by atoms with van der Waals surface area (Å²) in [5, 5.41) is 9.15. The lowest BCUT2D eigenvalue weighted by Crippen LogP contribution is -2.09. The predicted octanol–water partition coefficient (Wildman–Crippen LogP) is 6.08. The molecule has 0 bridgehead atoms. The molecule has 0 aliphatic carbocycles. The van der Waals surface area contributed by atoms with Crippen LogP contribution in [0.15, 0.2) is 66.7 Å². The van der Waals surface area contributed by atoms with Crippen LogP contribution in [0.1, 0.15) is 12.7 Å². The lowest BCUT2D eigenvalue weighted by Gasteiger charge is -2.13. The van der Waals surface area contributed by atoms with Gasteiger partial charge in [0.2, 0.25) is 0 Å². The van der Waals surface area contributed by atoms with Gasteiger partial charge in [-0.1, -0.05) is 41.9 Å². The molecule has 0 spiro atoms. The summed E-state index contributed by atoms with van der Waals surface area (Å²) in [7, 11) is 0. The van der Waals surface area contributed by atoms with Crippen molar-refractivity contribution in [1.29, 1.82) is 0 Å². The molecule has 3 aromatic heterocycles. The molecule has 0 atom stereocenters. The standard InChI is InChI=1S/C25H19ClN6OS/c1-2-33-21-10-6-5-9-20(21)32-22(29-30-25(32)34)14-31-19-8-4-3-7-16(19)23-24(31)28-17-12-11-15(26)13-18(17)27-23/h3-13H,2,14H2,1H3,(H,30,34). The molecule has 0 fully saturated rings. The zero-order valence-electron chi connectivity index (χ0n) is 18.2. The molecule has 0 unspecified atom stereocenters. The molecule has 6 aromatic rings. The van der Waals surface area contributed by atoms with Crippen LogP contribution in [-0.4, -0.2) is 35.9 Å². The molecule has 0 saturated carbocycles. The number of halogens is 1. The van der Waals surface area contributed by atoms with E-state index in [2.05, 4.69) is 26.9 Å². The van der Waals surface area contributed by atoms with Gasteiger partial charge in [0, 0.05) is 10.4 Å². The van der Waals surface area contributed by atoms with E-state index in [0.29, 0.717) is 22.9 Å². The number of hydrogen-bond donors (Lipinski definition) is 1. The van der Waals surface area contributed by atoms with Gasteiger partial charge in [-0.15, -0.1) is 0 Å². The van der Waals surface area contributed by atoms with Crippen LogP contribution in [0.2, 0.25) is 5.02 Å². The number of aromatic amines is 1. The highest BCUT2D eigenvalue weighted by atomic mass is 35.5. The molecule has 0 radical (unpaired) electrons. The average Bonchev–Trinajstić information content (AvgIpc) is 3.36. The summed E-state index contributed by atoms with van der Waals surface area (Å²) in [6, 6.07) is 21.5. The fourth-order valence-electron chi connectivity index (χ4n) is 4.32. The maximum atomic E-state index is 6.21. The van der Waals surface area contributed by atoms with Crippen LogP contribution in [-0.2, 0) is 6.54 Å². The molecule has 1 N–H and O–H groups in total. The number of ether oxygens (including phenoxy) is 1. The van der Waals surface area contributed by atoms with Crippen LogP contribution >= 0.6 is 23.8 Å². The molecule has 0 saturated heterocycles. The van der Waals surface area contributed by atoms with E-state index < -0.39 is 0 Å². The molecular formula is C25H19ClN6OS. The van der Waals surface area contributed by atoms with Crippen molar-refractivity contribution in [2.75, 3.05) is 6.61 Å². The smallest absolute Gasteiger partial charge is 0.200 e. The van der Waals surface area contributed by atoms with Crippen molar-refractivity contribution < 1.29 is 4.74 Å². The van der Waals surface area contributed by atoms with E-state index in [0.717, 1.165) is 50.4 Å². The van der Waals surface area contributed by atoms with E-state index in [1.54, 1.807) is 0 Å². The number of nitrogens with zero attached hydrogens (tertiary/aromatic N) is 5. The lowest BCUT2D eigenvalue weighted by atomic mass is 10.2. The van der Waals surface area contributed by atoms with Gasteiger partial charge in [0.1, 0.15) is 11.3 Å². The minimum absolute atomic E-state index is 0.436. The third-order valence-electron chi connectivity index (χ3n) is 5.76. The average molecular weight is 487 g/mol. The predicted molar refractivity (Wildman–Crippen MR) is 137 cm³/mol. The Kier molecular flexibility index (Phi) is 5.04. The first-order valence-electron chi connectivity index (χ1n) is 10.9. The number of nitrogens with one attached hydrogen (secondary N) is 1. The summed E-state index contributed by atoms with van der Waals surface area (Å²) in [4.78, 5) is 9.86. The van der Waals surface area contributed by atoms with E-state index in [-0.39, 0.29) is 0 Å². The van der Waals surface area contributed by atoms with Crippen molar-refractivity contribution >= 4 is 56.9 Å². The van der Waals surface area contributed by atoms with Crippen molar-refractivity contribution in [2.24, 2.45) is 0 Å². The van der Waals surface area contributed by atoms with Crippen molar-refractivity contribution in [3.05, 3.63) is 82.3 Å². The molecule has 0 amide bonds. The quantitative estimate of drug-likeness (QED) is 0.299. The van der Waals surface area contributed by atoms with E-state index >= 15 is 0 Å². The molecule has 34 heavy (non-hydrogen) atoms. The second kappa shape index (κ2) is 8.23. The summed E-state index contributed by atoms with van der Waals surface area (Å²) in [5.41, 5.74) is 4.98. The molecule has 168 valence electrons. The largest absolute Gasteiger partial charge is 0.492 e. The van der Waals surface area contributed by atoms with E-state index in [9.17, 15) is 0 Å². The van der Waals surface area contributed by atoms with E-state index in [1.165, 1.54) is 0 Å². The highest BCUT2D eigenvalue weighted by Gasteiger charge is 2.19. The fraction of sp³-hybridized carbons (Fsp3) is 0.120. The van der Waals surface area contributed by atoms with Gasteiger partial charge in [0.15, 0.2) is 16.2 Å². The van der Waals surface area contributed by atoms with Crippen LogP contribution < -0.4 is 4.74 Å². The second-order valence-electron chi connectivity index (χ2n) is 7.81. The normalized spacial score (nSPS) is 11.6. The van der Waals surface area contributed by atoms with Crippen LogP contribution in [0.3, 0.4) is 0 Å². The Hall–Kier alpha value is -3.75. The van der Waals surface area contributed by atoms with Crippen molar-refractivity contribution in [1.82, 2.24) is 29.3 Å². The van der Waals surface area contributed by atoms with Gasteiger partial charge >= 0.3 is 0 Å². The third kappa shape index (κ3) is 3.34. The zero-order chi connectivity index (χ0) is 23.2. The Morgan fingerprint density at radius 2 is 1.82 bits per heavy atom. The second-order valence-corrected chi connectivity index (χ2v) is 8.64. The van der Waals surface area contributed by atoms with Gasteiger partial charge in [0.05, 0.1) is 35.4 Å². The number of H-pyrrole nitrogens is 1.